The molecule has 0 radical (unpaired) electrons. The maximum absolute atomic E-state index is 13.0. The molecular formula is C25H24N2O6. The van der Waals surface area contributed by atoms with Crippen LogP contribution in [0.25, 0.3) is 17.0 Å². The number of carbonyl (C=O) groups is 2. The number of nitrogens with zero attached hydrogens (tertiary/aromatic N) is 2. The van der Waals surface area contributed by atoms with Gasteiger partial charge in [-0.25, -0.2) is 4.79 Å². The van der Waals surface area contributed by atoms with Crippen molar-refractivity contribution in [1.82, 2.24) is 9.47 Å². The third-order valence-electron chi connectivity index (χ3n) is 5.86. The van der Waals surface area contributed by atoms with E-state index < -0.39 is 6.09 Å². The van der Waals surface area contributed by atoms with Gasteiger partial charge < -0.3 is 28.4 Å². The van der Waals surface area contributed by atoms with Gasteiger partial charge in [-0.2, -0.15) is 0 Å². The fraction of sp³-hybridized carbons (Fsp3) is 0.280. The highest BCUT2D eigenvalue weighted by Crippen LogP contribution is 2.36. The SMILES string of the molecule is CCn1cc(/C=C2/Oc3cc(OC(=O)N4CCOCC4)ccc3C2=O)c2cc(OC)ccc21. The van der Waals surface area contributed by atoms with Crippen molar-refractivity contribution in [2.24, 2.45) is 0 Å². The lowest BCUT2D eigenvalue weighted by atomic mass is 10.1. The number of allylic oxidation sites excluding steroid dienone is 1. The Balaban J connectivity index is 1.41. The lowest BCUT2D eigenvalue weighted by Gasteiger charge is -2.25. The summed E-state index contributed by atoms with van der Waals surface area (Å²) >= 11 is 0. The van der Waals surface area contributed by atoms with E-state index in [0.717, 1.165) is 28.8 Å². The Kier molecular flexibility index (Phi) is 5.51. The summed E-state index contributed by atoms with van der Waals surface area (Å²) in [6.07, 6.45) is 3.29. The number of ether oxygens (including phenoxy) is 4. The van der Waals surface area contributed by atoms with E-state index in [-0.39, 0.29) is 11.5 Å². The summed E-state index contributed by atoms with van der Waals surface area (Å²) in [5, 5.41) is 0.969. The first-order valence-corrected chi connectivity index (χ1v) is 10.9. The Morgan fingerprint density at radius 1 is 1.12 bits per heavy atom. The predicted octanol–water partition coefficient (Wildman–Crippen LogP) is 4.12. The van der Waals surface area contributed by atoms with Gasteiger partial charge in [-0.05, 0) is 43.3 Å². The van der Waals surface area contributed by atoms with Crippen LogP contribution in [0, 0.1) is 0 Å². The van der Waals surface area contributed by atoms with Crippen LogP contribution in [-0.4, -0.2) is 54.8 Å². The molecule has 1 aromatic heterocycles. The lowest BCUT2D eigenvalue weighted by molar-refractivity contribution is 0.0416. The van der Waals surface area contributed by atoms with Crippen molar-refractivity contribution in [2.75, 3.05) is 33.4 Å². The Bertz CT molecular complexity index is 1270. The van der Waals surface area contributed by atoms with Crippen molar-refractivity contribution < 1.29 is 28.5 Å². The van der Waals surface area contributed by atoms with Gasteiger partial charge >= 0.3 is 6.09 Å². The molecular weight excluding hydrogens is 424 g/mol. The zero-order valence-corrected chi connectivity index (χ0v) is 18.5. The summed E-state index contributed by atoms with van der Waals surface area (Å²) in [5.41, 5.74) is 2.34. The molecule has 1 saturated heterocycles. The van der Waals surface area contributed by atoms with E-state index in [1.165, 1.54) is 0 Å². The average Bonchev–Trinajstić information content (AvgIpc) is 3.36. The first-order chi connectivity index (χ1) is 16.1. The quantitative estimate of drug-likeness (QED) is 0.559. The number of hydrogen-bond donors (Lipinski definition) is 0. The van der Waals surface area contributed by atoms with Gasteiger partial charge in [-0.3, -0.25) is 4.79 Å². The lowest BCUT2D eigenvalue weighted by Crippen LogP contribution is -2.42. The highest BCUT2D eigenvalue weighted by atomic mass is 16.6. The topological polar surface area (TPSA) is 79.2 Å². The van der Waals surface area contributed by atoms with Crippen LogP contribution in [0.5, 0.6) is 17.2 Å². The number of morpholine rings is 1. The molecule has 3 heterocycles. The van der Waals surface area contributed by atoms with Gasteiger partial charge in [0.1, 0.15) is 17.2 Å². The monoisotopic (exact) mass is 448 g/mol. The molecule has 0 bridgehead atoms. The average molecular weight is 448 g/mol. The van der Waals surface area contributed by atoms with Crippen LogP contribution in [0.3, 0.4) is 0 Å². The second kappa shape index (κ2) is 8.63. The van der Waals surface area contributed by atoms with Crippen LogP contribution < -0.4 is 14.2 Å². The standard InChI is InChI=1S/C25H24N2O6/c1-3-26-15-16(20-13-17(30-2)5-7-21(20)26)12-23-24(28)19-6-4-18(14-22(19)33-23)32-25(29)27-8-10-31-11-9-27/h4-7,12-15H,3,8-11H2,1-2H3/b23-12+. The molecule has 1 fully saturated rings. The first-order valence-electron chi connectivity index (χ1n) is 10.9. The molecule has 8 heteroatoms. The van der Waals surface area contributed by atoms with Crippen LogP contribution in [0.1, 0.15) is 22.8 Å². The summed E-state index contributed by atoms with van der Waals surface area (Å²) in [5.74, 6) is 1.45. The number of Topliss-reactive ketones (excluding diaryl/α,β-unsaturated/α-hetero) is 1. The fourth-order valence-electron chi connectivity index (χ4n) is 4.09. The highest BCUT2D eigenvalue weighted by Gasteiger charge is 2.29. The smallest absolute Gasteiger partial charge is 0.415 e. The number of methoxy groups -OCH3 is 1. The van der Waals surface area contributed by atoms with E-state index in [9.17, 15) is 9.59 Å². The van der Waals surface area contributed by atoms with Gasteiger partial charge in [0, 0.05) is 48.4 Å². The van der Waals surface area contributed by atoms with Crippen molar-refractivity contribution >= 4 is 28.9 Å². The Morgan fingerprint density at radius 3 is 2.67 bits per heavy atom. The van der Waals surface area contributed by atoms with Gasteiger partial charge in [-0.1, -0.05) is 0 Å². The second-order valence-corrected chi connectivity index (χ2v) is 7.82. The van der Waals surface area contributed by atoms with E-state index in [1.807, 2.05) is 24.4 Å². The van der Waals surface area contributed by atoms with Gasteiger partial charge in [0.2, 0.25) is 5.78 Å². The number of fused-ring (bicyclic) bond motifs is 2. The van der Waals surface area contributed by atoms with Gasteiger partial charge in [0.05, 0.1) is 25.9 Å². The van der Waals surface area contributed by atoms with Crippen LogP contribution in [0.15, 0.2) is 48.4 Å². The second-order valence-electron chi connectivity index (χ2n) is 7.82. The molecule has 0 aliphatic carbocycles. The van der Waals surface area contributed by atoms with Crippen LogP contribution >= 0.6 is 0 Å². The van der Waals surface area contributed by atoms with Gasteiger partial charge in [0.25, 0.3) is 0 Å². The van der Waals surface area contributed by atoms with Gasteiger partial charge in [-0.15, -0.1) is 0 Å². The molecule has 0 unspecified atom stereocenters. The molecule has 0 N–H and O–H groups in total. The van der Waals surface area contributed by atoms with Crippen LogP contribution in [0.4, 0.5) is 4.79 Å². The Morgan fingerprint density at radius 2 is 1.91 bits per heavy atom. The zero-order valence-electron chi connectivity index (χ0n) is 18.5. The molecule has 33 heavy (non-hydrogen) atoms. The van der Waals surface area contributed by atoms with E-state index in [2.05, 4.69) is 11.5 Å². The maximum Gasteiger partial charge on any atom is 0.415 e. The van der Waals surface area contributed by atoms with Crippen LogP contribution in [-0.2, 0) is 11.3 Å². The number of hydrogen-bond acceptors (Lipinski definition) is 6. The van der Waals surface area contributed by atoms with Crippen molar-refractivity contribution in [1.29, 1.82) is 0 Å². The first kappa shape index (κ1) is 21.1. The maximum atomic E-state index is 13.0. The Labute approximate surface area is 190 Å². The molecule has 0 atom stereocenters. The molecule has 0 spiro atoms. The minimum Gasteiger partial charge on any atom is -0.497 e. The Hall–Kier alpha value is -3.78. The third kappa shape index (κ3) is 3.93. The van der Waals surface area contributed by atoms with E-state index in [4.69, 9.17) is 18.9 Å². The summed E-state index contributed by atoms with van der Waals surface area (Å²) < 4.78 is 24.1. The molecule has 3 aromatic rings. The predicted molar refractivity (Wildman–Crippen MR) is 122 cm³/mol. The summed E-state index contributed by atoms with van der Waals surface area (Å²) in [6.45, 7) is 4.81. The summed E-state index contributed by atoms with van der Waals surface area (Å²) in [6, 6.07) is 10.7. The number of benzene rings is 2. The minimum atomic E-state index is -0.445. The number of aryl methyl sites for hydroxylation is 1. The molecule has 2 aromatic carbocycles. The number of ketones is 1. The molecule has 170 valence electrons. The van der Waals surface area contributed by atoms with E-state index >= 15 is 0 Å². The van der Waals surface area contributed by atoms with Crippen molar-refractivity contribution in [3.8, 4) is 17.2 Å². The van der Waals surface area contributed by atoms with Crippen molar-refractivity contribution in [3.63, 3.8) is 0 Å². The zero-order chi connectivity index (χ0) is 22.9. The number of amides is 1. The highest BCUT2D eigenvalue weighted by molar-refractivity contribution is 6.15. The number of aromatic nitrogens is 1. The van der Waals surface area contributed by atoms with Crippen molar-refractivity contribution in [2.45, 2.75) is 13.5 Å². The number of rotatable bonds is 4. The number of carbonyl (C=O) groups excluding carboxylic acids is 2. The summed E-state index contributed by atoms with van der Waals surface area (Å²) in [7, 11) is 1.62. The molecule has 5 rings (SSSR count). The molecule has 2 aliphatic heterocycles. The van der Waals surface area contributed by atoms with E-state index in [0.29, 0.717) is 43.4 Å². The van der Waals surface area contributed by atoms with Gasteiger partial charge in [0.15, 0.2) is 5.76 Å². The summed E-state index contributed by atoms with van der Waals surface area (Å²) in [4.78, 5) is 26.9. The molecule has 0 saturated carbocycles. The molecule has 8 nitrogen and oxygen atoms in total. The third-order valence-corrected chi connectivity index (χ3v) is 5.86. The van der Waals surface area contributed by atoms with Crippen molar-refractivity contribution in [3.05, 3.63) is 59.5 Å². The largest absolute Gasteiger partial charge is 0.497 e. The van der Waals surface area contributed by atoms with E-state index in [1.54, 1.807) is 36.3 Å². The molecule has 1 amide bonds. The minimum absolute atomic E-state index is 0.212. The normalized spacial score (nSPS) is 16.7. The van der Waals surface area contributed by atoms with Crippen LogP contribution in [0.2, 0.25) is 0 Å². The fourth-order valence-corrected chi connectivity index (χ4v) is 4.09. The molecule has 2 aliphatic rings.